The number of nitrogens with one attached hydrogen (secondary N) is 1. The molecule has 38 heavy (non-hydrogen) atoms. The second kappa shape index (κ2) is 10.6. The van der Waals surface area contributed by atoms with E-state index >= 15 is 0 Å². The van der Waals surface area contributed by atoms with Gasteiger partial charge in [0.15, 0.2) is 0 Å². The van der Waals surface area contributed by atoms with Crippen LogP contribution in [0, 0.1) is 11.7 Å². The number of H-pyrrole nitrogens is 1. The Morgan fingerprint density at radius 2 is 1.79 bits per heavy atom. The predicted octanol–water partition coefficient (Wildman–Crippen LogP) is 5.31. The first-order valence-electron chi connectivity index (χ1n) is 13.5. The number of piperidine rings is 1. The summed E-state index contributed by atoms with van der Waals surface area (Å²) in [7, 11) is 0. The number of amides is 2. The van der Waals surface area contributed by atoms with E-state index in [2.05, 4.69) is 10.7 Å². The Hall–Kier alpha value is -3.70. The predicted molar refractivity (Wildman–Crippen MR) is 145 cm³/mol. The molecule has 1 N–H and O–H groups in total. The number of aromatic amines is 1. The monoisotopic (exact) mass is 514 g/mol. The fourth-order valence-corrected chi connectivity index (χ4v) is 5.62. The van der Waals surface area contributed by atoms with E-state index in [0.717, 1.165) is 58.8 Å². The van der Waals surface area contributed by atoms with Gasteiger partial charge in [0.2, 0.25) is 5.91 Å². The van der Waals surface area contributed by atoms with Gasteiger partial charge in [0, 0.05) is 37.5 Å². The fraction of sp³-hybridized carbons (Fsp3) is 0.419. The molecule has 1 aromatic carbocycles. The zero-order valence-corrected chi connectivity index (χ0v) is 22.6. The van der Waals surface area contributed by atoms with E-state index in [-0.39, 0.29) is 23.5 Å². The van der Waals surface area contributed by atoms with E-state index in [4.69, 9.17) is 4.98 Å². The van der Waals surface area contributed by atoms with Crippen molar-refractivity contribution < 1.29 is 14.0 Å². The lowest BCUT2D eigenvalue weighted by Gasteiger charge is -2.32. The minimum Gasteiger partial charge on any atom is -0.340 e. The highest BCUT2D eigenvalue weighted by Gasteiger charge is 2.28. The lowest BCUT2D eigenvalue weighted by atomic mass is 9.89. The number of hydrogen-bond acceptors (Lipinski definition) is 3. The maximum absolute atomic E-state index is 13.5. The van der Waals surface area contributed by atoms with E-state index in [1.165, 1.54) is 12.1 Å². The summed E-state index contributed by atoms with van der Waals surface area (Å²) in [6.45, 7) is 10.4. The lowest BCUT2D eigenvalue weighted by Crippen LogP contribution is -2.38. The molecule has 7 heteroatoms. The Balaban J connectivity index is 1.32. The minimum absolute atomic E-state index is 0.0109. The number of benzene rings is 1. The molecule has 0 saturated carbocycles. The molecule has 2 aromatic rings. The largest absolute Gasteiger partial charge is 0.340 e. The van der Waals surface area contributed by atoms with Crippen LogP contribution in [0.4, 0.5) is 4.39 Å². The fourth-order valence-electron chi connectivity index (χ4n) is 5.62. The molecule has 0 radical (unpaired) electrons. The molecule has 0 unspecified atom stereocenters. The van der Waals surface area contributed by atoms with Crippen molar-refractivity contribution in [2.45, 2.75) is 59.4 Å². The maximum atomic E-state index is 13.5. The molecule has 198 valence electrons. The number of carbonyl (C=O) groups is 2. The van der Waals surface area contributed by atoms with Crippen molar-refractivity contribution in [3.05, 3.63) is 87.5 Å². The van der Waals surface area contributed by atoms with Crippen LogP contribution in [-0.4, -0.2) is 51.2 Å². The molecule has 1 saturated heterocycles. The van der Waals surface area contributed by atoms with Crippen molar-refractivity contribution in [3.63, 3.8) is 0 Å². The summed E-state index contributed by atoms with van der Waals surface area (Å²) in [5.41, 5.74) is 9.75. The number of allylic oxidation sites excluding steroid dienone is 3. The third-order valence-electron chi connectivity index (χ3n) is 7.84. The zero-order valence-electron chi connectivity index (χ0n) is 22.6. The van der Waals surface area contributed by atoms with Crippen LogP contribution in [0.25, 0.3) is 5.57 Å². The molecule has 0 spiro atoms. The third-order valence-corrected chi connectivity index (χ3v) is 7.84. The zero-order chi connectivity index (χ0) is 27.0. The summed E-state index contributed by atoms with van der Waals surface area (Å²) in [5.74, 6) is 0.971. The van der Waals surface area contributed by atoms with E-state index in [1.54, 1.807) is 0 Å². The van der Waals surface area contributed by atoms with Gasteiger partial charge >= 0.3 is 0 Å². The van der Waals surface area contributed by atoms with Gasteiger partial charge in [-0.05, 0) is 67.5 Å². The van der Waals surface area contributed by atoms with E-state index in [0.29, 0.717) is 37.7 Å². The molecule has 1 aromatic heterocycles. The molecule has 3 aliphatic rings. The normalized spacial score (nSPS) is 18.4. The smallest absolute Gasteiger partial charge is 0.261 e. The second-order valence-electron chi connectivity index (χ2n) is 10.9. The van der Waals surface area contributed by atoms with Crippen LogP contribution in [0.2, 0.25) is 0 Å². The average Bonchev–Trinajstić information content (AvgIpc) is 3.26. The first-order valence-corrected chi connectivity index (χ1v) is 13.5. The number of imidazole rings is 1. The number of fused-ring (bicyclic) bond motifs is 1. The summed E-state index contributed by atoms with van der Waals surface area (Å²) in [5, 5.41) is 0. The van der Waals surface area contributed by atoms with Gasteiger partial charge in [-0.3, -0.25) is 9.59 Å². The van der Waals surface area contributed by atoms with Crippen LogP contribution < -0.4 is 0 Å². The molecule has 0 atom stereocenters. The highest BCUT2D eigenvalue weighted by Crippen LogP contribution is 2.31. The summed E-state index contributed by atoms with van der Waals surface area (Å²) in [6.07, 6.45) is 6.33. The lowest BCUT2D eigenvalue weighted by molar-refractivity contribution is -0.135. The molecule has 1 fully saturated rings. The van der Waals surface area contributed by atoms with Crippen LogP contribution in [0.5, 0.6) is 0 Å². The van der Waals surface area contributed by atoms with Crippen molar-refractivity contribution in [1.82, 2.24) is 19.8 Å². The Kier molecular flexibility index (Phi) is 7.22. The van der Waals surface area contributed by atoms with Crippen molar-refractivity contribution in [2.24, 2.45) is 5.92 Å². The summed E-state index contributed by atoms with van der Waals surface area (Å²) in [4.78, 5) is 38.1. The summed E-state index contributed by atoms with van der Waals surface area (Å²) >= 11 is 0. The van der Waals surface area contributed by atoms with Crippen molar-refractivity contribution in [1.29, 1.82) is 0 Å². The molecule has 0 bridgehead atoms. The van der Waals surface area contributed by atoms with E-state index < -0.39 is 0 Å². The van der Waals surface area contributed by atoms with Crippen LogP contribution in [0.1, 0.15) is 69.2 Å². The molecule has 3 heterocycles. The Morgan fingerprint density at radius 1 is 1.08 bits per heavy atom. The molecular formula is C31H35FN4O2. The van der Waals surface area contributed by atoms with Gasteiger partial charge in [0.25, 0.3) is 5.91 Å². The van der Waals surface area contributed by atoms with Gasteiger partial charge in [0.1, 0.15) is 11.6 Å². The Morgan fingerprint density at radius 3 is 2.47 bits per heavy atom. The van der Waals surface area contributed by atoms with Gasteiger partial charge < -0.3 is 14.8 Å². The number of halogens is 1. The quantitative estimate of drug-likeness (QED) is 0.562. The van der Waals surface area contributed by atoms with Crippen molar-refractivity contribution >= 4 is 17.4 Å². The average molecular weight is 515 g/mol. The van der Waals surface area contributed by atoms with Gasteiger partial charge in [-0.1, -0.05) is 32.1 Å². The first kappa shape index (κ1) is 25.9. The highest BCUT2D eigenvalue weighted by atomic mass is 19.1. The minimum atomic E-state index is -0.225. The Labute approximate surface area is 223 Å². The number of hydrogen-bond donors (Lipinski definition) is 1. The van der Waals surface area contributed by atoms with Gasteiger partial charge in [-0.25, -0.2) is 9.37 Å². The van der Waals surface area contributed by atoms with Gasteiger partial charge in [-0.2, -0.15) is 0 Å². The standard InChI is InChI=1S/C31H35FN4O2/c1-19(2)30(37)36-16-13-27-28(18-36)34-29(33-27)25-9-10-26(21(4)17-20(25)3)31(38)35-14-11-23(12-15-35)22-5-7-24(32)8-6-22/h5-9,17,19,23H,11-16,18H2,1-4H3,(H,33,34). The number of carbonyl (C=O) groups excluding carboxylic acids is 2. The molecule has 2 amide bonds. The molecule has 2 aliphatic heterocycles. The van der Waals surface area contributed by atoms with Crippen LogP contribution in [0.15, 0.2) is 58.9 Å². The SMILES string of the molecule is CC1=CC(C)=C(c2nc3c([nH]2)CN(C(=O)C(C)C)CC3)C=C=C1C(=O)N1CCC(c2ccc(F)cc2)CC1. The topological polar surface area (TPSA) is 69.3 Å². The number of rotatable bonds is 4. The molecule has 1 aliphatic carbocycles. The number of likely N-dealkylation sites (tertiary alicyclic amines) is 1. The third kappa shape index (κ3) is 5.16. The molecule has 5 rings (SSSR count). The van der Waals surface area contributed by atoms with Gasteiger partial charge in [-0.15, -0.1) is 5.73 Å². The maximum Gasteiger partial charge on any atom is 0.261 e. The van der Waals surface area contributed by atoms with Crippen LogP contribution in [0.3, 0.4) is 0 Å². The van der Waals surface area contributed by atoms with E-state index in [1.807, 2.05) is 61.8 Å². The summed E-state index contributed by atoms with van der Waals surface area (Å²) in [6, 6.07) is 6.71. The van der Waals surface area contributed by atoms with Crippen molar-refractivity contribution in [3.8, 4) is 0 Å². The van der Waals surface area contributed by atoms with E-state index in [9.17, 15) is 14.0 Å². The molecule has 6 nitrogen and oxygen atoms in total. The Bertz CT molecular complexity index is 1380. The number of nitrogens with zero attached hydrogens (tertiary/aromatic N) is 3. The van der Waals surface area contributed by atoms with Crippen LogP contribution in [-0.2, 0) is 22.6 Å². The second-order valence-corrected chi connectivity index (χ2v) is 10.9. The molecular weight excluding hydrogens is 479 g/mol. The van der Waals surface area contributed by atoms with Crippen molar-refractivity contribution in [2.75, 3.05) is 19.6 Å². The van der Waals surface area contributed by atoms with Crippen LogP contribution >= 0.6 is 0 Å². The highest BCUT2D eigenvalue weighted by molar-refractivity contribution is 5.98. The first-order chi connectivity index (χ1) is 18.2. The van der Waals surface area contributed by atoms with Gasteiger partial charge in [0.05, 0.1) is 23.5 Å². The summed E-state index contributed by atoms with van der Waals surface area (Å²) < 4.78 is 13.3. The number of aromatic nitrogens is 2.